The number of morpholine rings is 1. The lowest BCUT2D eigenvalue weighted by Crippen LogP contribution is -2.38. The predicted octanol–water partition coefficient (Wildman–Crippen LogP) is 0.362. The third-order valence-electron chi connectivity index (χ3n) is 2.78. The van der Waals surface area contributed by atoms with Crippen LogP contribution in [-0.2, 0) is 11.3 Å². The van der Waals surface area contributed by atoms with Gasteiger partial charge in [0.1, 0.15) is 6.10 Å². The van der Waals surface area contributed by atoms with Crippen LogP contribution in [0.1, 0.15) is 24.5 Å². The van der Waals surface area contributed by atoms with E-state index in [9.17, 15) is 0 Å². The lowest BCUT2D eigenvalue weighted by molar-refractivity contribution is -0.0327. The number of nitrogens with zero attached hydrogens (tertiary/aromatic N) is 3. The number of aliphatic hydroxyl groups excluding tert-OH is 1. The van der Waals surface area contributed by atoms with E-state index in [-0.39, 0.29) is 12.7 Å². The second kappa shape index (κ2) is 5.34. The highest BCUT2D eigenvalue weighted by molar-refractivity contribution is 5.04. The van der Waals surface area contributed by atoms with Crippen molar-refractivity contribution in [3.63, 3.8) is 0 Å². The molecule has 1 fully saturated rings. The van der Waals surface area contributed by atoms with E-state index < -0.39 is 0 Å². The molecule has 2 heterocycles. The average Bonchev–Trinajstić information content (AvgIpc) is 2.39. The molecule has 1 aliphatic rings. The van der Waals surface area contributed by atoms with Crippen LogP contribution in [0.4, 0.5) is 0 Å². The van der Waals surface area contributed by atoms with Gasteiger partial charge in [0.25, 0.3) is 0 Å². The Bertz CT molecular complexity index is 346. The van der Waals surface area contributed by atoms with Gasteiger partial charge in [0.2, 0.25) is 0 Å². The van der Waals surface area contributed by atoms with Crippen LogP contribution in [0.15, 0.2) is 12.3 Å². The maximum Gasteiger partial charge on any atom is 0.158 e. The minimum absolute atomic E-state index is 0.0558. The van der Waals surface area contributed by atoms with E-state index in [0.29, 0.717) is 18.1 Å². The number of likely N-dealkylation sites (N-methyl/N-ethyl adjacent to an activating group) is 1. The Morgan fingerprint density at radius 2 is 2.50 bits per heavy atom. The highest BCUT2D eigenvalue weighted by atomic mass is 16.5. The van der Waals surface area contributed by atoms with Gasteiger partial charge in [-0.1, -0.05) is 6.92 Å². The molecule has 0 aromatic carbocycles. The third kappa shape index (κ3) is 2.55. The van der Waals surface area contributed by atoms with Gasteiger partial charge in [0.05, 0.1) is 18.9 Å². The molecular weight excluding hydrogens is 206 g/mol. The first-order valence-electron chi connectivity index (χ1n) is 5.60. The molecule has 5 heteroatoms. The van der Waals surface area contributed by atoms with Gasteiger partial charge in [0.15, 0.2) is 5.82 Å². The van der Waals surface area contributed by atoms with Crippen LogP contribution >= 0.6 is 0 Å². The van der Waals surface area contributed by atoms with E-state index >= 15 is 0 Å². The van der Waals surface area contributed by atoms with Crippen LogP contribution in [-0.4, -0.2) is 46.2 Å². The Balaban J connectivity index is 2.10. The summed E-state index contributed by atoms with van der Waals surface area (Å²) in [5.74, 6) is 0.671. The summed E-state index contributed by atoms with van der Waals surface area (Å²) in [6.45, 7) is 5.59. The van der Waals surface area contributed by atoms with Crippen molar-refractivity contribution in [3.05, 3.63) is 23.8 Å². The lowest BCUT2D eigenvalue weighted by Gasteiger charge is -2.31. The largest absolute Gasteiger partial charge is 0.390 e. The topological polar surface area (TPSA) is 58.5 Å². The molecule has 0 radical (unpaired) electrons. The van der Waals surface area contributed by atoms with Gasteiger partial charge >= 0.3 is 0 Å². The van der Waals surface area contributed by atoms with Crippen LogP contribution < -0.4 is 0 Å². The van der Waals surface area contributed by atoms with E-state index in [1.807, 2.05) is 0 Å². The molecule has 16 heavy (non-hydrogen) atoms. The fourth-order valence-electron chi connectivity index (χ4n) is 1.80. The Morgan fingerprint density at radius 1 is 1.62 bits per heavy atom. The molecule has 1 atom stereocenters. The summed E-state index contributed by atoms with van der Waals surface area (Å²) in [4.78, 5) is 10.8. The molecule has 0 spiro atoms. The van der Waals surface area contributed by atoms with Crippen molar-refractivity contribution in [2.45, 2.75) is 19.6 Å². The van der Waals surface area contributed by atoms with Crippen molar-refractivity contribution in [2.24, 2.45) is 0 Å². The minimum Gasteiger partial charge on any atom is -0.390 e. The molecule has 1 aliphatic heterocycles. The molecule has 1 unspecified atom stereocenters. The number of hydrogen-bond donors (Lipinski definition) is 1. The van der Waals surface area contributed by atoms with E-state index in [1.54, 1.807) is 12.3 Å². The van der Waals surface area contributed by atoms with Crippen LogP contribution in [0.3, 0.4) is 0 Å². The summed E-state index contributed by atoms with van der Waals surface area (Å²) in [5.41, 5.74) is 0.641. The van der Waals surface area contributed by atoms with Gasteiger partial charge in [-0.25, -0.2) is 9.97 Å². The van der Waals surface area contributed by atoms with Gasteiger partial charge in [-0.2, -0.15) is 0 Å². The van der Waals surface area contributed by atoms with E-state index in [1.165, 1.54) is 0 Å². The van der Waals surface area contributed by atoms with Crippen molar-refractivity contribution < 1.29 is 9.84 Å². The maximum absolute atomic E-state index is 9.02. The van der Waals surface area contributed by atoms with Gasteiger partial charge in [0, 0.05) is 19.3 Å². The molecule has 1 saturated heterocycles. The smallest absolute Gasteiger partial charge is 0.158 e. The molecular formula is C11H17N3O2. The molecule has 0 bridgehead atoms. The zero-order chi connectivity index (χ0) is 11.4. The summed E-state index contributed by atoms with van der Waals surface area (Å²) < 4.78 is 5.65. The molecule has 1 aromatic heterocycles. The van der Waals surface area contributed by atoms with Crippen molar-refractivity contribution in [3.8, 4) is 0 Å². The second-order valence-electron chi connectivity index (χ2n) is 3.82. The van der Waals surface area contributed by atoms with Crippen LogP contribution in [0.5, 0.6) is 0 Å². The number of rotatable bonds is 3. The molecule has 0 aliphatic carbocycles. The first-order chi connectivity index (χ1) is 7.83. The average molecular weight is 223 g/mol. The van der Waals surface area contributed by atoms with Crippen molar-refractivity contribution in [2.75, 3.05) is 26.2 Å². The highest BCUT2D eigenvalue weighted by Crippen LogP contribution is 2.18. The van der Waals surface area contributed by atoms with Crippen molar-refractivity contribution >= 4 is 0 Å². The van der Waals surface area contributed by atoms with Gasteiger partial charge in [-0.15, -0.1) is 0 Å². The summed E-state index contributed by atoms with van der Waals surface area (Å²) in [6.07, 6.45) is 1.60. The molecule has 0 saturated carbocycles. The van der Waals surface area contributed by atoms with Gasteiger partial charge in [-0.05, 0) is 12.6 Å². The van der Waals surface area contributed by atoms with E-state index in [0.717, 1.165) is 19.6 Å². The Morgan fingerprint density at radius 3 is 3.25 bits per heavy atom. The first-order valence-corrected chi connectivity index (χ1v) is 5.60. The first kappa shape index (κ1) is 11.4. The zero-order valence-electron chi connectivity index (χ0n) is 9.46. The minimum atomic E-state index is -0.0693. The Labute approximate surface area is 95.1 Å². The van der Waals surface area contributed by atoms with Crippen LogP contribution in [0, 0.1) is 0 Å². The van der Waals surface area contributed by atoms with Crippen molar-refractivity contribution in [1.82, 2.24) is 14.9 Å². The SMILES string of the molecule is CCN1CCOC(c2nccc(CO)n2)C1. The Kier molecular flexibility index (Phi) is 3.82. The molecule has 2 rings (SSSR count). The number of hydrogen-bond acceptors (Lipinski definition) is 5. The summed E-state index contributed by atoms with van der Waals surface area (Å²) in [6, 6.07) is 1.71. The monoisotopic (exact) mass is 223 g/mol. The standard InChI is InChI=1S/C11H17N3O2/c1-2-14-5-6-16-10(7-14)11-12-4-3-9(8-15)13-11/h3-4,10,15H,2,5-8H2,1H3. The molecule has 1 N–H and O–H groups in total. The van der Waals surface area contributed by atoms with E-state index in [4.69, 9.17) is 9.84 Å². The highest BCUT2D eigenvalue weighted by Gasteiger charge is 2.23. The van der Waals surface area contributed by atoms with Crippen LogP contribution in [0.2, 0.25) is 0 Å². The fraction of sp³-hybridized carbons (Fsp3) is 0.636. The van der Waals surface area contributed by atoms with E-state index in [2.05, 4.69) is 21.8 Å². The zero-order valence-corrected chi connectivity index (χ0v) is 9.46. The number of aromatic nitrogens is 2. The summed E-state index contributed by atoms with van der Waals surface area (Å²) in [7, 11) is 0. The number of aliphatic hydroxyl groups is 1. The van der Waals surface area contributed by atoms with Gasteiger partial charge < -0.3 is 9.84 Å². The molecule has 5 nitrogen and oxygen atoms in total. The summed E-state index contributed by atoms with van der Waals surface area (Å²) in [5, 5.41) is 9.02. The maximum atomic E-state index is 9.02. The quantitative estimate of drug-likeness (QED) is 0.802. The van der Waals surface area contributed by atoms with Crippen LogP contribution in [0.25, 0.3) is 0 Å². The molecule has 88 valence electrons. The van der Waals surface area contributed by atoms with Crippen molar-refractivity contribution in [1.29, 1.82) is 0 Å². The Hall–Kier alpha value is -1.04. The number of ether oxygens (including phenoxy) is 1. The summed E-state index contributed by atoms with van der Waals surface area (Å²) >= 11 is 0. The molecule has 1 aromatic rings. The predicted molar refractivity (Wildman–Crippen MR) is 58.8 cm³/mol. The lowest BCUT2D eigenvalue weighted by atomic mass is 10.2. The van der Waals surface area contributed by atoms with Gasteiger partial charge in [-0.3, -0.25) is 4.90 Å². The third-order valence-corrected chi connectivity index (χ3v) is 2.78. The normalized spacial score (nSPS) is 22.2. The molecule has 0 amide bonds. The fourth-order valence-corrected chi connectivity index (χ4v) is 1.80. The second-order valence-corrected chi connectivity index (χ2v) is 3.82.